The third-order valence-electron chi connectivity index (χ3n) is 1.55. The summed E-state index contributed by atoms with van der Waals surface area (Å²) in [6.45, 7) is 0.693. The Kier molecular flexibility index (Phi) is 2.46. The van der Waals surface area contributed by atoms with Crippen LogP contribution in [0.1, 0.15) is 6.42 Å². The predicted octanol–water partition coefficient (Wildman–Crippen LogP) is -3.06. The number of nitrogens with zero attached hydrogens (tertiary/aromatic N) is 1. The van der Waals surface area contributed by atoms with Crippen LogP contribution in [-0.2, 0) is 4.79 Å². The molecule has 1 heterocycles. The minimum absolute atomic E-state index is 0.242. The Bertz CT molecular complexity index is 126. The zero-order chi connectivity index (χ0) is 6.85. The van der Waals surface area contributed by atoms with Crippen molar-refractivity contribution in [3.05, 3.63) is 0 Å². The van der Waals surface area contributed by atoms with Crippen LogP contribution in [0.25, 0.3) is 0 Å². The van der Waals surface area contributed by atoms with Gasteiger partial charge in [0.1, 0.15) is 0 Å². The van der Waals surface area contributed by atoms with E-state index in [-0.39, 0.29) is 21.2 Å². The van der Waals surface area contributed by atoms with Crippen LogP contribution in [-0.4, -0.2) is 33.3 Å². The fourth-order valence-corrected chi connectivity index (χ4v) is 3.11. The molecule has 0 N–H and O–H groups in total. The number of rotatable bonds is 1. The number of carbonyl (C=O) groups is 1. The molecule has 0 aliphatic carbocycles. The van der Waals surface area contributed by atoms with Gasteiger partial charge in [0.05, 0.1) is 0 Å². The summed E-state index contributed by atoms with van der Waals surface area (Å²) >= 11 is 0.242. The van der Waals surface area contributed by atoms with Gasteiger partial charge in [0.25, 0.3) is 0 Å². The van der Waals surface area contributed by atoms with Crippen molar-refractivity contribution in [2.75, 3.05) is 18.5 Å². The van der Waals surface area contributed by atoms with Crippen LogP contribution < -0.4 is 21.2 Å². The Morgan fingerprint density at radius 2 is 2.44 bits per heavy atom. The summed E-state index contributed by atoms with van der Waals surface area (Å²) in [5.74, 6) is 0.420. The second kappa shape index (κ2) is 2.96. The van der Waals surface area contributed by atoms with Crippen LogP contribution >= 0.6 is 0 Å². The molecule has 54 valence electrons. The Hall–Kier alpha value is 0.360. The monoisotopic (exact) mass is 240 g/mol. The van der Waals surface area contributed by atoms with E-state index in [2.05, 4.69) is 9.83 Å². The van der Waals surface area contributed by atoms with E-state index in [4.69, 9.17) is 0 Å². The molecule has 0 aromatic rings. The van der Waals surface area contributed by atoms with Crippen molar-refractivity contribution in [2.45, 2.75) is 10.5 Å². The molecule has 3 heteroatoms. The molecule has 0 amide bonds. The van der Waals surface area contributed by atoms with Crippen molar-refractivity contribution in [3.63, 3.8) is 0 Å². The summed E-state index contributed by atoms with van der Waals surface area (Å²) in [7, 11) is 2.04. The van der Waals surface area contributed by atoms with E-state index in [1.54, 1.807) is 0 Å². The van der Waals surface area contributed by atoms with E-state index in [0.717, 1.165) is 6.42 Å². The Morgan fingerprint density at radius 1 is 1.78 bits per heavy atom. The Balaban J connectivity index is 2.47. The molecule has 0 spiro atoms. The number of likely N-dealkylation sites (tertiary alicyclic amines) is 1. The van der Waals surface area contributed by atoms with E-state index >= 15 is 0 Å². The van der Waals surface area contributed by atoms with E-state index < -0.39 is 0 Å². The van der Waals surface area contributed by atoms with E-state index in [1.165, 1.54) is 0 Å². The van der Waals surface area contributed by atoms with Gasteiger partial charge in [-0.2, -0.15) is 0 Å². The van der Waals surface area contributed by atoms with Crippen molar-refractivity contribution in [1.29, 1.82) is 0 Å². The SMILES string of the molecule is C[I-][C@@H]1CC(=O)CN1C. The maximum absolute atomic E-state index is 10.8. The number of alkyl halides is 2. The van der Waals surface area contributed by atoms with Gasteiger partial charge in [-0.3, -0.25) is 0 Å². The molecule has 0 saturated carbocycles. The zero-order valence-electron chi connectivity index (χ0n) is 5.72. The Labute approximate surface area is 65.9 Å². The third kappa shape index (κ3) is 1.64. The normalized spacial score (nSPS) is 30.0. The molecule has 1 aliphatic rings. The van der Waals surface area contributed by atoms with Gasteiger partial charge in [-0.05, 0) is 0 Å². The summed E-state index contributed by atoms with van der Waals surface area (Å²) in [5.41, 5.74) is 0. The van der Waals surface area contributed by atoms with E-state index in [0.29, 0.717) is 16.4 Å². The molecule has 0 aromatic carbocycles. The second-order valence-electron chi connectivity index (χ2n) is 2.31. The maximum atomic E-state index is 10.8. The number of hydrogen-bond acceptors (Lipinski definition) is 2. The molecule has 1 aliphatic heterocycles. The van der Waals surface area contributed by atoms with Gasteiger partial charge < -0.3 is 0 Å². The van der Waals surface area contributed by atoms with Gasteiger partial charge in [-0.25, -0.2) is 0 Å². The van der Waals surface area contributed by atoms with Crippen molar-refractivity contribution >= 4 is 5.78 Å². The van der Waals surface area contributed by atoms with Crippen LogP contribution in [0.15, 0.2) is 0 Å². The molecular formula is C6H11INO-. The molecule has 2 nitrogen and oxygen atoms in total. The molecule has 1 saturated heterocycles. The first kappa shape index (κ1) is 7.47. The summed E-state index contributed by atoms with van der Waals surface area (Å²) in [5, 5.41) is 0. The number of hydrogen-bond donors (Lipinski definition) is 0. The molecule has 1 fully saturated rings. The van der Waals surface area contributed by atoms with Crippen molar-refractivity contribution in [1.82, 2.24) is 4.90 Å². The molecule has 0 unspecified atom stereocenters. The average molecular weight is 240 g/mol. The van der Waals surface area contributed by atoms with Gasteiger partial charge in [-0.1, -0.05) is 0 Å². The molecular weight excluding hydrogens is 229 g/mol. The van der Waals surface area contributed by atoms with Crippen LogP contribution in [0.2, 0.25) is 0 Å². The van der Waals surface area contributed by atoms with E-state index in [1.807, 2.05) is 7.05 Å². The van der Waals surface area contributed by atoms with Gasteiger partial charge in [0, 0.05) is 0 Å². The first-order valence-electron chi connectivity index (χ1n) is 2.94. The number of halogens is 1. The fourth-order valence-electron chi connectivity index (χ4n) is 1.03. The van der Waals surface area contributed by atoms with Crippen molar-refractivity contribution < 1.29 is 26.0 Å². The predicted molar refractivity (Wildman–Crippen MR) is 32.0 cm³/mol. The summed E-state index contributed by atoms with van der Waals surface area (Å²) in [6, 6.07) is 0. The fraction of sp³-hybridized carbons (Fsp3) is 0.833. The Morgan fingerprint density at radius 3 is 2.67 bits per heavy atom. The average Bonchev–Trinajstić information content (AvgIpc) is 2.10. The van der Waals surface area contributed by atoms with Crippen LogP contribution in [0.5, 0.6) is 0 Å². The molecule has 1 atom stereocenters. The minimum atomic E-state index is 0.242. The summed E-state index contributed by atoms with van der Waals surface area (Å²) in [4.78, 5) is 15.2. The van der Waals surface area contributed by atoms with Gasteiger partial charge >= 0.3 is 65.7 Å². The number of Topliss-reactive ketones (excluding diaryl/α,β-unsaturated/α-hetero) is 1. The number of likely N-dealkylation sites (N-methyl/N-ethyl adjacent to an activating group) is 1. The van der Waals surface area contributed by atoms with Crippen LogP contribution in [0, 0.1) is 0 Å². The standard InChI is InChI=1S/C6H11INO/c1-7-6-3-5(9)4-8(6)2/h6H,3-4H2,1-2H3/q-1/t6-/m0/s1. The molecule has 9 heavy (non-hydrogen) atoms. The van der Waals surface area contributed by atoms with E-state index in [9.17, 15) is 4.79 Å². The van der Waals surface area contributed by atoms with Crippen LogP contribution in [0.4, 0.5) is 0 Å². The molecule has 0 aromatic heterocycles. The van der Waals surface area contributed by atoms with Gasteiger partial charge in [0.15, 0.2) is 0 Å². The zero-order valence-corrected chi connectivity index (χ0v) is 7.88. The van der Waals surface area contributed by atoms with Crippen LogP contribution in [0.3, 0.4) is 0 Å². The topological polar surface area (TPSA) is 20.3 Å². The van der Waals surface area contributed by atoms with Gasteiger partial charge in [-0.15, -0.1) is 0 Å². The van der Waals surface area contributed by atoms with Crippen molar-refractivity contribution in [2.24, 2.45) is 0 Å². The quantitative estimate of drug-likeness (QED) is 0.275. The number of ketones is 1. The molecule has 1 rings (SSSR count). The molecule has 0 bridgehead atoms. The summed E-state index contributed by atoms with van der Waals surface area (Å²) in [6.07, 6.45) is 0.820. The van der Waals surface area contributed by atoms with Crippen molar-refractivity contribution in [3.8, 4) is 0 Å². The first-order chi connectivity index (χ1) is 4.24. The third-order valence-corrected chi connectivity index (χ3v) is 4.38. The van der Waals surface area contributed by atoms with Gasteiger partial charge in [0.2, 0.25) is 0 Å². The molecule has 0 radical (unpaired) electrons. The first-order valence-corrected chi connectivity index (χ1v) is 6.34. The second-order valence-corrected chi connectivity index (χ2v) is 4.99. The summed E-state index contributed by atoms with van der Waals surface area (Å²) < 4.78 is 0.635. The number of carbonyl (C=O) groups excluding carboxylic acids is 1.